The molecule has 1 fully saturated rings. The van der Waals surface area contributed by atoms with Crippen LogP contribution in [-0.2, 0) is 11.2 Å². The van der Waals surface area contributed by atoms with E-state index in [1.165, 1.54) is 18.5 Å². The third-order valence-corrected chi connectivity index (χ3v) is 2.60. The number of rotatable bonds is 4. The van der Waals surface area contributed by atoms with E-state index in [0.29, 0.717) is 0 Å². The lowest BCUT2D eigenvalue weighted by Gasteiger charge is -2.26. The fourth-order valence-electron chi connectivity index (χ4n) is 1.75. The normalized spacial score (nSPS) is 16.2. The van der Waals surface area contributed by atoms with Gasteiger partial charge in [0.25, 0.3) is 0 Å². The summed E-state index contributed by atoms with van der Waals surface area (Å²) in [4.78, 5) is 2.46. The molecular formula is C10H19Cl2N3O. The van der Waals surface area contributed by atoms with E-state index in [4.69, 9.17) is 4.74 Å². The average Bonchev–Trinajstić information content (AvgIpc) is 2.72. The lowest BCUT2D eigenvalue weighted by molar-refractivity contribution is 0.0375. The zero-order chi connectivity index (χ0) is 9.64. The van der Waals surface area contributed by atoms with Crippen molar-refractivity contribution in [3.63, 3.8) is 0 Å². The number of aromatic nitrogens is 2. The molecule has 1 aliphatic rings. The van der Waals surface area contributed by atoms with Crippen molar-refractivity contribution in [1.29, 1.82) is 0 Å². The van der Waals surface area contributed by atoms with E-state index in [9.17, 15) is 0 Å². The summed E-state index contributed by atoms with van der Waals surface area (Å²) < 4.78 is 5.30. The fraction of sp³-hybridized carbons (Fsp3) is 0.700. The molecule has 0 spiro atoms. The molecule has 16 heavy (non-hydrogen) atoms. The molecular weight excluding hydrogens is 249 g/mol. The first kappa shape index (κ1) is 15.7. The molecule has 1 aliphatic heterocycles. The first-order valence-electron chi connectivity index (χ1n) is 5.23. The second-order valence-electron chi connectivity index (χ2n) is 3.66. The molecule has 0 saturated carbocycles. The fourth-order valence-corrected chi connectivity index (χ4v) is 1.75. The summed E-state index contributed by atoms with van der Waals surface area (Å²) in [5.74, 6) is 0. The van der Waals surface area contributed by atoms with E-state index in [-0.39, 0.29) is 24.8 Å². The summed E-state index contributed by atoms with van der Waals surface area (Å²) in [6.07, 6.45) is 6.20. The molecule has 0 radical (unpaired) electrons. The van der Waals surface area contributed by atoms with Crippen molar-refractivity contribution in [1.82, 2.24) is 15.1 Å². The van der Waals surface area contributed by atoms with E-state index < -0.39 is 0 Å². The van der Waals surface area contributed by atoms with Gasteiger partial charge in [0.2, 0.25) is 0 Å². The number of morpholine rings is 1. The van der Waals surface area contributed by atoms with Gasteiger partial charge in [-0.1, -0.05) is 0 Å². The second-order valence-corrected chi connectivity index (χ2v) is 3.66. The van der Waals surface area contributed by atoms with Crippen LogP contribution in [0.3, 0.4) is 0 Å². The Hall–Kier alpha value is -0.290. The molecule has 0 aliphatic carbocycles. The van der Waals surface area contributed by atoms with E-state index >= 15 is 0 Å². The maximum Gasteiger partial charge on any atom is 0.0594 e. The number of hydrogen-bond acceptors (Lipinski definition) is 3. The highest BCUT2D eigenvalue weighted by Crippen LogP contribution is 2.02. The molecule has 1 N–H and O–H groups in total. The average molecular weight is 268 g/mol. The van der Waals surface area contributed by atoms with Crippen LogP contribution >= 0.6 is 24.8 Å². The Morgan fingerprint density at radius 1 is 1.31 bits per heavy atom. The van der Waals surface area contributed by atoms with Gasteiger partial charge in [-0.15, -0.1) is 24.8 Å². The summed E-state index contributed by atoms with van der Waals surface area (Å²) >= 11 is 0. The highest BCUT2D eigenvalue weighted by atomic mass is 35.5. The van der Waals surface area contributed by atoms with Crippen LogP contribution in [0.5, 0.6) is 0 Å². The Labute approximate surface area is 109 Å². The van der Waals surface area contributed by atoms with E-state index in [1.807, 2.05) is 12.4 Å². The first-order valence-corrected chi connectivity index (χ1v) is 5.23. The molecule has 1 aromatic rings. The number of nitrogens with one attached hydrogen (secondary N) is 1. The monoisotopic (exact) mass is 267 g/mol. The van der Waals surface area contributed by atoms with Gasteiger partial charge in [0, 0.05) is 19.3 Å². The highest BCUT2D eigenvalue weighted by molar-refractivity contribution is 5.85. The minimum Gasteiger partial charge on any atom is -0.379 e. The van der Waals surface area contributed by atoms with Crippen LogP contribution in [0.2, 0.25) is 0 Å². The van der Waals surface area contributed by atoms with Crippen molar-refractivity contribution >= 4 is 24.8 Å². The number of H-pyrrole nitrogens is 1. The van der Waals surface area contributed by atoms with E-state index in [2.05, 4.69) is 15.1 Å². The summed E-state index contributed by atoms with van der Waals surface area (Å²) in [6, 6.07) is 0. The summed E-state index contributed by atoms with van der Waals surface area (Å²) in [5.41, 5.74) is 1.30. The Morgan fingerprint density at radius 2 is 2.06 bits per heavy atom. The van der Waals surface area contributed by atoms with Gasteiger partial charge in [-0.2, -0.15) is 5.10 Å². The molecule has 1 saturated heterocycles. The van der Waals surface area contributed by atoms with Gasteiger partial charge in [-0.3, -0.25) is 10.00 Å². The maximum absolute atomic E-state index is 5.30. The summed E-state index contributed by atoms with van der Waals surface area (Å²) in [5, 5.41) is 6.76. The standard InChI is InChI=1S/C10H17N3O.2ClH/c1(2-10-8-11-12-9-10)3-13-4-6-14-7-5-13;;/h8-9H,1-7H2,(H,11,12);2*1H. The lowest BCUT2D eigenvalue weighted by Crippen LogP contribution is -2.36. The third kappa shape index (κ3) is 5.16. The third-order valence-electron chi connectivity index (χ3n) is 2.60. The Balaban J connectivity index is 0.00000112. The van der Waals surface area contributed by atoms with Crippen LogP contribution in [0.4, 0.5) is 0 Å². The largest absolute Gasteiger partial charge is 0.379 e. The number of hydrogen-bond donors (Lipinski definition) is 1. The van der Waals surface area contributed by atoms with Crippen LogP contribution in [0.15, 0.2) is 12.4 Å². The first-order chi connectivity index (χ1) is 6.95. The predicted octanol–water partition coefficient (Wildman–Crippen LogP) is 1.52. The number of aromatic amines is 1. The molecule has 6 heteroatoms. The maximum atomic E-state index is 5.30. The van der Waals surface area contributed by atoms with Crippen molar-refractivity contribution in [2.75, 3.05) is 32.8 Å². The van der Waals surface area contributed by atoms with Crippen LogP contribution in [-0.4, -0.2) is 47.9 Å². The van der Waals surface area contributed by atoms with Crippen LogP contribution < -0.4 is 0 Å². The molecule has 1 aromatic heterocycles. The number of nitrogens with zero attached hydrogens (tertiary/aromatic N) is 2. The van der Waals surface area contributed by atoms with Crippen molar-refractivity contribution in [3.8, 4) is 0 Å². The SMILES string of the molecule is Cl.Cl.c1n[nH]cc1CCCN1CCOCC1. The van der Waals surface area contributed by atoms with Gasteiger partial charge in [-0.05, 0) is 24.9 Å². The number of aryl methyl sites for hydroxylation is 1. The minimum absolute atomic E-state index is 0. The number of ether oxygens (including phenoxy) is 1. The molecule has 0 amide bonds. The predicted molar refractivity (Wildman–Crippen MR) is 68.7 cm³/mol. The van der Waals surface area contributed by atoms with Gasteiger partial charge >= 0.3 is 0 Å². The molecule has 2 heterocycles. The van der Waals surface area contributed by atoms with Crippen LogP contribution in [0.25, 0.3) is 0 Å². The van der Waals surface area contributed by atoms with Crippen LogP contribution in [0.1, 0.15) is 12.0 Å². The smallest absolute Gasteiger partial charge is 0.0594 e. The molecule has 0 atom stereocenters. The van der Waals surface area contributed by atoms with E-state index in [1.54, 1.807) is 0 Å². The molecule has 0 bridgehead atoms. The molecule has 0 aromatic carbocycles. The molecule has 94 valence electrons. The van der Waals surface area contributed by atoms with Gasteiger partial charge in [0.05, 0.1) is 19.4 Å². The van der Waals surface area contributed by atoms with Crippen molar-refractivity contribution in [2.24, 2.45) is 0 Å². The van der Waals surface area contributed by atoms with Crippen molar-refractivity contribution < 1.29 is 4.74 Å². The molecule has 4 nitrogen and oxygen atoms in total. The van der Waals surface area contributed by atoms with Gasteiger partial charge in [-0.25, -0.2) is 0 Å². The van der Waals surface area contributed by atoms with Gasteiger partial charge in [0.15, 0.2) is 0 Å². The Bertz CT molecular complexity index is 251. The molecule has 0 unspecified atom stereocenters. The zero-order valence-electron chi connectivity index (χ0n) is 9.22. The van der Waals surface area contributed by atoms with E-state index in [0.717, 1.165) is 32.7 Å². The highest BCUT2D eigenvalue weighted by Gasteiger charge is 2.09. The zero-order valence-corrected chi connectivity index (χ0v) is 10.9. The Morgan fingerprint density at radius 3 is 2.69 bits per heavy atom. The van der Waals surface area contributed by atoms with Crippen molar-refractivity contribution in [3.05, 3.63) is 18.0 Å². The summed E-state index contributed by atoms with van der Waals surface area (Å²) in [6.45, 7) is 5.14. The molecule has 2 rings (SSSR count). The van der Waals surface area contributed by atoms with Crippen LogP contribution in [0, 0.1) is 0 Å². The van der Waals surface area contributed by atoms with Gasteiger partial charge in [0.1, 0.15) is 0 Å². The second kappa shape index (κ2) is 8.82. The quantitative estimate of drug-likeness (QED) is 0.900. The minimum atomic E-state index is 0. The van der Waals surface area contributed by atoms with Crippen molar-refractivity contribution in [2.45, 2.75) is 12.8 Å². The lowest BCUT2D eigenvalue weighted by atomic mass is 10.2. The van der Waals surface area contributed by atoms with Gasteiger partial charge < -0.3 is 4.74 Å². The number of halogens is 2. The summed E-state index contributed by atoms with van der Waals surface area (Å²) in [7, 11) is 0. The Kier molecular flexibility index (Phi) is 8.66. The topological polar surface area (TPSA) is 41.2 Å².